The molecule has 0 saturated heterocycles. The monoisotopic (exact) mass is 870 g/mol. The lowest BCUT2D eigenvalue weighted by atomic mass is 10.0. The Morgan fingerprint density at radius 2 is 0.459 bits per heavy atom. The molecule has 0 aromatic heterocycles. The van der Waals surface area contributed by atoms with E-state index in [2.05, 4.69) is 25.7 Å². The molecule has 0 saturated carbocycles. The van der Waals surface area contributed by atoms with Crippen LogP contribution in [-0.2, 0) is 9.59 Å². The van der Waals surface area contributed by atoms with Gasteiger partial charge in [-0.25, -0.2) is 0 Å². The second-order valence-electron chi connectivity index (χ2n) is 18.4. The third kappa shape index (κ3) is 68.1. The molecule has 0 aliphatic carbocycles. The number of aliphatic hydroxyl groups is 2. The first-order chi connectivity index (χ1) is 29.9. The fourth-order valence-electron chi connectivity index (χ4n) is 8.09. The fourth-order valence-corrected chi connectivity index (χ4v) is 8.09. The summed E-state index contributed by atoms with van der Waals surface area (Å²) in [6, 6.07) is 0. The van der Waals surface area contributed by atoms with E-state index in [-0.39, 0.29) is 13.2 Å². The van der Waals surface area contributed by atoms with Crippen molar-refractivity contribution in [3.63, 3.8) is 0 Å². The zero-order chi connectivity index (χ0) is 45.4. The number of unbranched alkanes of at least 4 members (excludes halogenated alkanes) is 39. The van der Waals surface area contributed by atoms with Crippen LogP contribution in [0.5, 0.6) is 0 Å². The first-order valence-electron chi connectivity index (χ1n) is 27.3. The minimum absolute atomic E-state index is 0.193. The lowest BCUT2D eigenvalue weighted by Crippen LogP contribution is -2.30. The molecule has 0 aliphatic heterocycles. The summed E-state index contributed by atoms with van der Waals surface area (Å²) in [5.74, 6) is -1.31. The van der Waals surface area contributed by atoms with Crippen LogP contribution >= 0.6 is 0 Å². The van der Waals surface area contributed by atoms with Crippen LogP contribution in [0.4, 0.5) is 0 Å². The van der Waals surface area contributed by atoms with Gasteiger partial charge in [0.1, 0.15) is 0 Å². The molecule has 0 amide bonds. The third-order valence-electron chi connectivity index (χ3n) is 12.1. The number of carboxylic acid groups (broad SMARTS) is 2. The van der Waals surface area contributed by atoms with Gasteiger partial charge in [-0.1, -0.05) is 271 Å². The number of rotatable bonds is 49. The average molecular weight is 870 g/mol. The van der Waals surface area contributed by atoms with Gasteiger partial charge in [-0.05, 0) is 25.8 Å². The molecule has 0 fully saturated rings. The van der Waals surface area contributed by atoms with Crippen LogP contribution in [0.1, 0.15) is 303 Å². The molecule has 0 heterocycles. The van der Waals surface area contributed by atoms with Crippen molar-refractivity contribution in [3.8, 4) is 0 Å². The molecule has 0 unspecified atom stereocenters. The minimum atomic E-state index is -0.655. The molecule has 0 aromatic carbocycles. The van der Waals surface area contributed by atoms with Crippen LogP contribution in [-0.4, -0.2) is 70.1 Å². The Morgan fingerprint density at radius 3 is 0.639 bits per heavy atom. The highest BCUT2D eigenvalue weighted by molar-refractivity contribution is 5.66. The second-order valence-corrected chi connectivity index (χ2v) is 18.4. The molecular weight excluding hydrogens is 759 g/mol. The van der Waals surface area contributed by atoms with Gasteiger partial charge in [0.05, 0.1) is 13.2 Å². The summed E-state index contributed by atoms with van der Waals surface area (Å²) < 4.78 is 0. The Balaban J connectivity index is -0.000000845. The summed E-state index contributed by atoms with van der Waals surface area (Å²) in [6.07, 6.45) is 56.9. The first kappa shape index (κ1) is 64.1. The Hall–Kier alpha value is -1.18. The van der Waals surface area contributed by atoms with Crippen LogP contribution < -0.4 is 0 Å². The summed E-state index contributed by atoms with van der Waals surface area (Å²) in [7, 11) is 0. The molecule has 0 bridgehead atoms. The summed E-state index contributed by atoms with van der Waals surface area (Å²) >= 11 is 0. The van der Waals surface area contributed by atoms with Crippen molar-refractivity contribution >= 4 is 11.9 Å². The standard InChI is InChI=1S/C22H47NO2.2C16H32O2/c1-2-3-4-5-6-7-8-9-10-11-12-13-14-15-16-17-18-23(19-21-24)20-22-25;2*1-2-3-4-5-6-7-8-9-10-11-12-13-14-15-16(17)18/h24-25H,2-22H2,1H3;2*2-15H2,1H3,(H,17,18). The molecule has 0 rings (SSSR count). The number of hydrogen-bond acceptors (Lipinski definition) is 5. The van der Waals surface area contributed by atoms with Gasteiger partial charge in [-0.3, -0.25) is 14.5 Å². The maximum absolute atomic E-state index is 10.3. The molecule has 0 aliphatic rings. The number of carboxylic acids is 2. The first-order valence-corrected chi connectivity index (χ1v) is 27.3. The van der Waals surface area contributed by atoms with E-state index in [1.807, 2.05) is 0 Å². The molecule has 4 N–H and O–H groups in total. The van der Waals surface area contributed by atoms with Crippen LogP contribution in [0.25, 0.3) is 0 Å². The minimum Gasteiger partial charge on any atom is -0.481 e. The number of nitrogens with zero attached hydrogens (tertiary/aromatic N) is 1. The van der Waals surface area contributed by atoms with Gasteiger partial charge in [0.2, 0.25) is 0 Å². The van der Waals surface area contributed by atoms with E-state index in [0.717, 1.165) is 32.2 Å². The molecular formula is C54H111NO6. The normalized spacial score (nSPS) is 11.0. The Bertz CT molecular complexity index is 750. The third-order valence-corrected chi connectivity index (χ3v) is 12.1. The van der Waals surface area contributed by atoms with Gasteiger partial charge in [0, 0.05) is 25.9 Å². The number of aliphatic hydroxyl groups excluding tert-OH is 2. The maximum Gasteiger partial charge on any atom is 0.303 e. The van der Waals surface area contributed by atoms with Crippen LogP contribution in [0.15, 0.2) is 0 Å². The van der Waals surface area contributed by atoms with Gasteiger partial charge < -0.3 is 20.4 Å². The summed E-state index contributed by atoms with van der Waals surface area (Å²) in [6.45, 7) is 9.59. The van der Waals surface area contributed by atoms with Crippen molar-refractivity contribution in [2.75, 3.05) is 32.8 Å². The molecule has 0 radical (unpaired) electrons. The zero-order valence-electron chi connectivity index (χ0n) is 41.7. The highest BCUT2D eigenvalue weighted by Crippen LogP contribution is 2.16. The van der Waals surface area contributed by atoms with E-state index in [9.17, 15) is 9.59 Å². The quantitative estimate of drug-likeness (QED) is 0.0450. The Kier molecular flexibility index (Phi) is 64.0. The molecule has 368 valence electrons. The lowest BCUT2D eigenvalue weighted by Gasteiger charge is -2.19. The van der Waals surface area contributed by atoms with E-state index < -0.39 is 11.9 Å². The molecule has 7 heteroatoms. The van der Waals surface area contributed by atoms with Crippen molar-refractivity contribution in [3.05, 3.63) is 0 Å². The van der Waals surface area contributed by atoms with Crippen molar-refractivity contribution in [1.82, 2.24) is 4.90 Å². The number of carbonyl (C=O) groups is 2. The SMILES string of the molecule is CCCCCCCCCCCCCCCC(=O)O.CCCCCCCCCCCCCCCC(=O)O.CCCCCCCCCCCCCCCCCCN(CCO)CCO. The molecule has 7 nitrogen and oxygen atoms in total. The van der Waals surface area contributed by atoms with Crippen molar-refractivity contribution in [2.24, 2.45) is 0 Å². The molecule has 0 aromatic rings. The average Bonchev–Trinajstić information content (AvgIpc) is 3.24. The van der Waals surface area contributed by atoms with Gasteiger partial charge >= 0.3 is 11.9 Å². The smallest absolute Gasteiger partial charge is 0.303 e. The summed E-state index contributed by atoms with van der Waals surface area (Å²) in [5.41, 5.74) is 0. The predicted molar refractivity (Wildman–Crippen MR) is 266 cm³/mol. The van der Waals surface area contributed by atoms with Gasteiger partial charge in [0.15, 0.2) is 0 Å². The van der Waals surface area contributed by atoms with Crippen LogP contribution in [0, 0.1) is 0 Å². The van der Waals surface area contributed by atoms with E-state index in [0.29, 0.717) is 25.9 Å². The highest BCUT2D eigenvalue weighted by Gasteiger charge is 2.03. The number of aliphatic carboxylic acids is 2. The highest BCUT2D eigenvalue weighted by atomic mass is 16.4. The van der Waals surface area contributed by atoms with E-state index >= 15 is 0 Å². The van der Waals surface area contributed by atoms with Gasteiger partial charge in [-0.15, -0.1) is 0 Å². The zero-order valence-corrected chi connectivity index (χ0v) is 41.7. The Morgan fingerprint density at radius 1 is 0.279 bits per heavy atom. The van der Waals surface area contributed by atoms with Gasteiger partial charge in [0.25, 0.3) is 0 Å². The molecule has 0 atom stereocenters. The largest absolute Gasteiger partial charge is 0.481 e. The van der Waals surface area contributed by atoms with Crippen molar-refractivity contribution < 1.29 is 30.0 Å². The molecule has 0 spiro atoms. The van der Waals surface area contributed by atoms with E-state index in [1.165, 1.54) is 244 Å². The van der Waals surface area contributed by atoms with Crippen LogP contribution in [0.2, 0.25) is 0 Å². The van der Waals surface area contributed by atoms with E-state index in [4.69, 9.17) is 20.4 Å². The van der Waals surface area contributed by atoms with Gasteiger partial charge in [-0.2, -0.15) is 0 Å². The van der Waals surface area contributed by atoms with Crippen molar-refractivity contribution in [1.29, 1.82) is 0 Å². The Labute approximate surface area is 381 Å². The lowest BCUT2D eigenvalue weighted by molar-refractivity contribution is -0.138. The molecule has 61 heavy (non-hydrogen) atoms. The van der Waals surface area contributed by atoms with Crippen LogP contribution in [0.3, 0.4) is 0 Å². The maximum atomic E-state index is 10.3. The number of hydrogen-bond donors (Lipinski definition) is 4. The predicted octanol–water partition coefficient (Wildman–Crippen LogP) is 16.6. The van der Waals surface area contributed by atoms with Crippen molar-refractivity contribution in [2.45, 2.75) is 303 Å². The summed E-state index contributed by atoms with van der Waals surface area (Å²) in [4.78, 5) is 22.8. The second kappa shape index (κ2) is 60.9. The summed E-state index contributed by atoms with van der Waals surface area (Å²) in [5, 5.41) is 34.9. The van der Waals surface area contributed by atoms with E-state index in [1.54, 1.807) is 0 Å². The topological polar surface area (TPSA) is 118 Å². The fraction of sp³-hybridized carbons (Fsp3) is 0.963.